The van der Waals surface area contributed by atoms with Crippen LogP contribution in [0.5, 0.6) is 17.2 Å². The van der Waals surface area contributed by atoms with Gasteiger partial charge in [-0.25, -0.2) is 13.1 Å². The van der Waals surface area contributed by atoms with E-state index < -0.39 is 60.4 Å². The summed E-state index contributed by atoms with van der Waals surface area (Å²) in [6.45, 7) is 2.13. The third-order valence-corrected chi connectivity index (χ3v) is 7.49. The van der Waals surface area contributed by atoms with Gasteiger partial charge in [0.25, 0.3) is 5.69 Å². The lowest BCUT2D eigenvalue weighted by molar-refractivity contribution is -0.385. The average Bonchev–Trinajstić information content (AvgIpc) is 2.87. The highest BCUT2D eigenvalue weighted by Crippen LogP contribution is 2.43. The largest absolute Gasteiger partial charge is 0.507 e. The Morgan fingerprint density at radius 2 is 1.58 bits per heavy atom. The fourth-order valence-electron chi connectivity index (χ4n) is 4.19. The van der Waals surface area contributed by atoms with Crippen LogP contribution in [0.1, 0.15) is 51.6 Å². The number of aromatic hydroxyl groups is 2. The number of phenols is 2. The van der Waals surface area contributed by atoms with Crippen molar-refractivity contribution >= 4 is 38.7 Å². The van der Waals surface area contributed by atoms with Crippen LogP contribution >= 0.6 is 0 Å². The number of carbonyl (C=O) groups excluding carboxylic acids is 2. The first-order valence-corrected chi connectivity index (χ1v) is 12.9. The van der Waals surface area contributed by atoms with Crippen LogP contribution in [-0.4, -0.2) is 48.8 Å². The zero-order valence-corrected chi connectivity index (χ0v) is 21.1. The van der Waals surface area contributed by atoms with Gasteiger partial charge in [-0.2, -0.15) is 0 Å². The Balaban J connectivity index is 1.84. The lowest BCUT2D eigenvalue weighted by atomic mass is 9.81. The highest BCUT2D eigenvalue weighted by atomic mass is 32.2. The molecule has 0 atom stereocenters. The number of fused-ring (bicyclic) bond motifs is 2. The highest BCUT2D eigenvalue weighted by molar-refractivity contribution is 7.89. The number of hydrogen-bond acceptors (Lipinski definition) is 10. The van der Waals surface area contributed by atoms with Crippen molar-refractivity contribution < 1.29 is 37.9 Å². The van der Waals surface area contributed by atoms with E-state index in [4.69, 9.17) is 4.74 Å². The molecule has 13 heteroatoms. The molecular weight excluding hydrogens is 518 g/mol. The van der Waals surface area contributed by atoms with Crippen LogP contribution in [0.3, 0.4) is 0 Å². The Morgan fingerprint density at radius 1 is 0.947 bits per heavy atom. The number of ketones is 2. The minimum Gasteiger partial charge on any atom is -0.507 e. The van der Waals surface area contributed by atoms with Gasteiger partial charge in [0.2, 0.25) is 21.6 Å². The Morgan fingerprint density at radius 3 is 2.21 bits per heavy atom. The van der Waals surface area contributed by atoms with Crippen molar-refractivity contribution in [3.8, 4) is 17.2 Å². The van der Waals surface area contributed by atoms with Gasteiger partial charge in [0.05, 0.1) is 34.4 Å². The SMILES string of the molecule is CCCCNS(=O)(=O)c1cc(Nc2ccc(O)c3c2C(=O)c2c([N+](=O)[O-])ccc(O)c2C3=O)ccc1OC. The normalized spacial score (nSPS) is 12.6. The van der Waals surface area contributed by atoms with Crippen molar-refractivity contribution in [2.24, 2.45) is 0 Å². The van der Waals surface area contributed by atoms with E-state index in [1.54, 1.807) is 0 Å². The Labute approximate surface area is 217 Å². The molecule has 0 amide bonds. The van der Waals surface area contributed by atoms with Gasteiger partial charge >= 0.3 is 0 Å². The molecule has 4 rings (SSSR count). The molecule has 1 aliphatic rings. The monoisotopic (exact) mass is 541 g/mol. The molecule has 0 bridgehead atoms. The molecule has 0 aromatic heterocycles. The van der Waals surface area contributed by atoms with Crippen LogP contribution in [0.15, 0.2) is 47.4 Å². The van der Waals surface area contributed by atoms with Crippen LogP contribution < -0.4 is 14.8 Å². The van der Waals surface area contributed by atoms with Gasteiger partial charge in [-0.05, 0) is 42.8 Å². The first-order valence-electron chi connectivity index (χ1n) is 11.4. The van der Waals surface area contributed by atoms with E-state index in [-0.39, 0.29) is 34.1 Å². The number of nitrogens with one attached hydrogen (secondary N) is 2. The van der Waals surface area contributed by atoms with Crippen molar-refractivity contribution in [2.75, 3.05) is 19.0 Å². The molecule has 12 nitrogen and oxygen atoms in total. The molecule has 198 valence electrons. The summed E-state index contributed by atoms with van der Waals surface area (Å²) in [5.41, 5.74) is -2.53. The van der Waals surface area contributed by atoms with Gasteiger partial charge in [0.1, 0.15) is 27.7 Å². The minimum atomic E-state index is -3.97. The lowest BCUT2D eigenvalue weighted by Crippen LogP contribution is -2.25. The van der Waals surface area contributed by atoms with Crippen molar-refractivity contribution in [1.29, 1.82) is 0 Å². The minimum absolute atomic E-state index is 0.0214. The molecule has 0 spiro atoms. The van der Waals surface area contributed by atoms with Gasteiger partial charge < -0.3 is 20.3 Å². The smallest absolute Gasteiger partial charge is 0.281 e. The molecule has 0 fully saturated rings. The molecule has 1 aliphatic carbocycles. The number of nitro groups is 1. The van der Waals surface area contributed by atoms with Gasteiger partial charge in [0, 0.05) is 18.3 Å². The third-order valence-electron chi connectivity index (χ3n) is 6.00. The number of hydrogen-bond donors (Lipinski definition) is 4. The van der Waals surface area contributed by atoms with Crippen LogP contribution in [-0.2, 0) is 10.0 Å². The second-order valence-electron chi connectivity index (χ2n) is 8.39. The third kappa shape index (κ3) is 4.53. The quantitative estimate of drug-likeness (QED) is 0.106. The number of carbonyl (C=O) groups is 2. The Bertz CT molecular complexity index is 1600. The number of nitro benzene ring substituents is 1. The van der Waals surface area contributed by atoms with Gasteiger partial charge in [-0.15, -0.1) is 0 Å². The summed E-state index contributed by atoms with van der Waals surface area (Å²) in [6.07, 6.45) is 1.40. The lowest BCUT2D eigenvalue weighted by Gasteiger charge is -2.22. The number of benzene rings is 3. The van der Waals surface area contributed by atoms with Crippen LogP contribution in [0.4, 0.5) is 17.1 Å². The van der Waals surface area contributed by atoms with E-state index in [1.807, 2.05) is 6.92 Å². The van der Waals surface area contributed by atoms with Crippen molar-refractivity contribution in [3.63, 3.8) is 0 Å². The molecule has 0 saturated heterocycles. The molecule has 0 heterocycles. The maximum absolute atomic E-state index is 13.5. The fourth-order valence-corrected chi connectivity index (χ4v) is 5.45. The average molecular weight is 542 g/mol. The summed E-state index contributed by atoms with van der Waals surface area (Å²) in [5, 5.41) is 35.1. The maximum Gasteiger partial charge on any atom is 0.281 e. The molecule has 3 aromatic carbocycles. The molecule has 3 aromatic rings. The summed E-state index contributed by atoms with van der Waals surface area (Å²) >= 11 is 0. The number of rotatable bonds is 9. The van der Waals surface area contributed by atoms with E-state index in [2.05, 4.69) is 10.0 Å². The summed E-state index contributed by atoms with van der Waals surface area (Å²) in [5.74, 6) is -3.10. The maximum atomic E-state index is 13.5. The zero-order chi connectivity index (χ0) is 27.8. The van der Waals surface area contributed by atoms with Gasteiger partial charge in [-0.1, -0.05) is 13.3 Å². The van der Waals surface area contributed by atoms with Crippen LogP contribution in [0.25, 0.3) is 0 Å². The molecule has 4 N–H and O–H groups in total. The predicted octanol–water partition coefficient (Wildman–Crippen LogP) is 3.61. The summed E-state index contributed by atoms with van der Waals surface area (Å²) in [4.78, 5) is 37.3. The summed E-state index contributed by atoms with van der Waals surface area (Å²) in [6, 6.07) is 8.39. The number of nitrogens with zero attached hydrogens (tertiary/aromatic N) is 1. The number of ether oxygens (including phenoxy) is 1. The van der Waals surface area contributed by atoms with Crippen molar-refractivity contribution in [1.82, 2.24) is 4.72 Å². The first kappa shape index (κ1) is 26.6. The molecule has 0 saturated carbocycles. The molecule has 0 unspecified atom stereocenters. The van der Waals surface area contributed by atoms with Crippen LogP contribution in [0, 0.1) is 10.1 Å². The zero-order valence-electron chi connectivity index (χ0n) is 20.3. The van der Waals surface area contributed by atoms with E-state index in [0.717, 1.165) is 24.6 Å². The van der Waals surface area contributed by atoms with E-state index in [0.29, 0.717) is 6.42 Å². The first-order chi connectivity index (χ1) is 18.0. The Kier molecular flexibility index (Phi) is 7.07. The van der Waals surface area contributed by atoms with E-state index in [9.17, 15) is 38.3 Å². The second-order valence-corrected chi connectivity index (χ2v) is 10.1. The fraction of sp³-hybridized carbons (Fsp3) is 0.200. The molecule has 0 radical (unpaired) electrons. The highest BCUT2D eigenvalue weighted by Gasteiger charge is 2.41. The molecule has 38 heavy (non-hydrogen) atoms. The van der Waals surface area contributed by atoms with Gasteiger partial charge in [0.15, 0.2) is 0 Å². The number of sulfonamides is 1. The number of methoxy groups -OCH3 is 1. The number of anilines is 2. The standard InChI is InChI=1S/C25H23N3O9S/c1-3-4-11-26-38(35,36)19-12-13(5-10-18(19)37-2)27-14-6-8-16(29)22-20(14)24(31)21-15(28(33)34)7-9-17(30)23(21)25(22)32/h5-10,12,26-27,29-30H,3-4,11H2,1-2H3. The van der Waals surface area contributed by atoms with Crippen molar-refractivity contribution in [2.45, 2.75) is 24.7 Å². The van der Waals surface area contributed by atoms with Gasteiger partial charge in [-0.3, -0.25) is 19.7 Å². The van der Waals surface area contributed by atoms with E-state index >= 15 is 0 Å². The number of phenolic OH excluding ortho intramolecular Hbond substituents is 2. The Hall–Kier alpha value is -4.49. The summed E-state index contributed by atoms with van der Waals surface area (Å²) < 4.78 is 33.5. The second kappa shape index (κ2) is 10.1. The van der Waals surface area contributed by atoms with Crippen LogP contribution in [0.2, 0.25) is 0 Å². The predicted molar refractivity (Wildman–Crippen MR) is 136 cm³/mol. The van der Waals surface area contributed by atoms with E-state index in [1.165, 1.54) is 31.4 Å². The molecule has 0 aliphatic heterocycles. The number of unbranched alkanes of at least 4 members (excludes halogenated alkanes) is 1. The summed E-state index contributed by atoms with van der Waals surface area (Å²) in [7, 11) is -2.66. The van der Waals surface area contributed by atoms with Crippen molar-refractivity contribution in [3.05, 3.63) is 74.8 Å². The molecular formula is C25H23N3O9S. The topological polar surface area (TPSA) is 185 Å².